The number of pyridine rings is 1. The maximum Gasteiger partial charge on any atom is 0.268 e. The van der Waals surface area contributed by atoms with Crippen LogP contribution in [0.25, 0.3) is 22.3 Å². The minimum absolute atomic E-state index is 0.0807. The summed E-state index contributed by atoms with van der Waals surface area (Å²) in [5.41, 5.74) is 3.78. The number of H-pyrrole nitrogens is 2. The number of aromatic nitrogens is 4. The molecule has 176 valence electrons. The highest BCUT2D eigenvalue weighted by atomic mass is 35.5. The summed E-state index contributed by atoms with van der Waals surface area (Å²) in [7, 11) is 0. The number of nitrogens with one attached hydrogen (secondary N) is 3. The van der Waals surface area contributed by atoms with Crippen molar-refractivity contribution in [3.63, 3.8) is 0 Å². The maximum absolute atomic E-state index is 13.5. The second-order valence-corrected chi connectivity index (χ2v) is 8.35. The number of ether oxygens (including phenoxy) is 1. The van der Waals surface area contributed by atoms with Gasteiger partial charge in [-0.25, -0.2) is 9.37 Å². The van der Waals surface area contributed by atoms with Crippen LogP contribution >= 0.6 is 11.6 Å². The monoisotopic (exact) mass is 484 g/mol. The van der Waals surface area contributed by atoms with Gasteiger partial charge in [-0.05, 0) is 29.8 Å². The van der Waals surface area contributed by atoms with E-state index < -0.39 is 17.8 Å². The summed E-state index contributed by atoms with van der Waals surface area (Å²) in [4.78, 5) is 22.5. The first-order valence-corrected chi connectivity index (χ1v) is 11.1. The minimum Gasteiger partial charge on any atom is -0.394 e. The molecule has 5 rings (SSSR count). The molecule has 0 aliphatic carbocycles. The van der Waals surface area contributed by atoms with E-state index in [2.05, 4.69) is 30.4 Å². The van der Waals surface area contributed by atoms with Crippen LogP contribution in [-0.4, -0.2) is 64.1 Å². The van der Waals surface area contributed by atoms with E-state index in [1.807, 2.05) is 12.3 Å². The molecule has 1 saturated heterocycles. The lowest BCUT2D eigenvalue weighted by atomic mass is 10.1. The van der Waals surface area contributed by atoms with Crippen LogP contribution in [-0.2, 0) is 4.74 Å². The summed E-state index contributed by atoms with van der Waals surface area (Å²) in [6.07, 6.45) is 3.50. The van der Waals surface area contributed by atoms with E-state index in [0.29, 0.717) is 35.7 Å². The van der Waals surface area contributed by atoms with Gasteiger partial charge in [0.2, 0.25) is 0 Å². The number of aliphatic hydroxyl groups is 1. The number of aliphatic hydroxyl groups excluding tert-OH is 1. The van der Waals surface area contributed by atoms with Gasteiger partial charge in [0.1, 0.15) is 17.2 Å². The SMILES string of the molecule is O=C(N[C@H](CO)c1ccc(F)c(Cl)c1)c1cc(-c2n[nH]c3ncc(N4CCOCC4)cc23)c[nH]1. The van der Waals surface area contributed by atoms with E-state index in [9.17, 15) is 14.3 Å². The predicted octanol–water partition coefficient (Wildman–Crippen LogP) is 3.05. The molecule has 34 heavy (non-hydrogen) atoms. The second-order valence-electron chi connectivity index (χ2n) is 7.95. The number of hydrogen-bond donors (Lipinski definition) is 4. The number of rotatable bonds is 6. The number of benzene rings is 1. The fourth-order valence-corrected chi connectivity index (χ4v) is 4.16. The fraction of sp³-hybridized carbons (Fsp3) is 0.261. The van der Waals surface area contributed by atoms with E-state index in [1.165, 1.54) is 18.2 Å². The molecule has 0 spiro atoms. The highest BCUT2D eigenvalue weighted by Gasteiger charge is 2.20. The third-order valence-electron chi connectivity index (χ3n) is 5.81. The van der Waals surface area contributed by atoms with Gasteiger partial charge in [0.05, 0.1) is 42.8 Å². The zero-order chi connectivity index (χ0) is 23.7. The van der Waals surface area contributed by atoms with Crippen molar-refractivity contribution in [2.24, 2.45) is 0 Å². The van der Waals surface area contributed by atoms with Gasteiger partial charge in [-0.1, -0.05) is 17.7 Å². The Bertz CT molecular complexity index is 1330. The molecule has 1 aliphatic heterocycles. The Hall–Kier alpha value is -3.47. The molecule has 4 aromatic rings. The Kier molecular flexibility index (Phi) is 6.18. The smallest absolute Gasteiger partial charge is 0.268 e. The summed E-state index contributed by atoms with van der Waals surface area (Å²) < 4.78 is 18.9. The van der Waals surface area contributed by atoms with Crippen molar-refractivity contribution in [3.05, 3.63) is 64.8 Å². The average Bonchev–Trinajstić information content (AvgIpc) is 3.51. The van der Waals surface area contributed by atoms with Crippen molar-refractivity contribution in [2.45, 2.75) is 6.04 Å². The molecular formula is C23H22ClFN6O3. The molecule has 0 radical (unpaired) electrons. The van der Waals surface area contributed by atoms with Gasteiger partial charge < -0.3 is 25.0 Å². The zero-order valence-electron chi connectivity index (χ0n) is 18.0. The van der Waals surface area contributed by atoms with E-state index in [1.54, 1.807) is 12.3 Å². The fourth-order valence-electron chi connectivity index (χ4n) is 3.97. The van der Waals surface area contributed by atoms with Crippen molar-refractivity contribution in [1.82, 2.24) is 25.5 Å². The van der Waals surface area contributed by atoms with Gasteiger partial charge in [-0.15, -0.1) is 0 Å². The van der Waals surface area contributed by atoms with Crippen LogP contribution in [0.3, 0.4) is 0 Å². The number of aromatic amines is 2. The molecule has 3 aromatic heterocycles. The van der Waals surface area contributed by atoms with Crippen molar-refractivity contribution in [3.8, 4) is 11.3 Å². The third-order valence-corrected chi connectivity index (χ3v) is 6.10. The molecular weight excluding hydrogens is 463 g/mol. The van der Waals surface area contributed by atoms with Gasteiger partial charge in [-0.3, -0.25) is 9.89 Å². The Labute approximate surface area is 198 Å². The molecule has 1 atom stereocenters. The van der Waals surface area contributed by atoms with Crippen LogP contribution in [0, 0.1) is 5.82 Å². The number of fused-ring (bicyclic) bond motifs is 1. The van der Waals surface area contributed by atoms with Gasteiger partial charge in [0.15, 0.2) is 5.65 Å². The molecule has 1 aromatic carbocycles. The summed E-state index contributed by atoms with van der Waals surface area (Å²) in [5.74, 6) is -1.00. The van der Waals surface area contributed by atoms with Crippen LogP contribution in [0.1, 0.15) is 22.1 Å². The van der Waals surface area contributed by atoms with Gasteiger partial charge in [0, 0.05) is 30.2 Å². The number of nitrogens with zero attached hydrogens (tertiary/aromatic N) is 3. The summed E-state index contributed by atoms with van der Waals surface area (Å²) in [6.45, 7) is 2.55. The minimum atomic E-state index is -0.746. The molecule has 9 nitrogen and oxygen atoms in total. The standard InChI is InChI=1S/C23H22ClFN6O3/c24-17-7-13(1-2-18(17)25)20(12-32)28-23(33)19-8-14(10-26-19)21-16-9-15(11-27-22(16)30-29-21)31-3-5-34-6-4-31/h1-2,7-11,20,26,32H,3-6,12H2,(H,28,33)(H,27,29,30)/t20-/m1/s1. The first kappa shape index (κ1) is 22.3. The first-order valence-electron chi connectivity index (χ1n) is 10.8. The number of halogens is 2. The number of amides is 1. The molecule has 1 fully saturated rings. The lowest BCUT2D eigenvalue weighted by Gasteiger charge is -2.28. The maximum atomic E-state index is 13.5. The molecule has 11 heteroatoms. The van der Waals surface area contributed by atoms with Crippen molar-refractivity contribution in [2.75, 3.05) is 37.8 Å². The normalized spacial score (nSPS) is 15.0. The number of carbonyl (C=O) groups excluding carboxylic acids is 1. The van der Waals surface area contributed by atoms with Gasteiger partial charge in [-0.2, -0.15) is 5.10 Å². The van der Waals surface area contributed by atoms with E-state index in [0.717, 1.165) is 24.2 Å². The number of carbonyl (C=O) groups is 1. The van der Waals surface area contributed by atoms with Crippen LogP contribution in [0.4, 0.5) is 10.1 Å². The van der Waals surface area contributed by atoms with Gasteiger partial charge in [0.25, 0.3) is 5.91 Å². The van der Waals surface area contributed by atoms with Gasteiger partial charge >= 0.3 is 0 Å². The Morgan fingerprint density at radius 2 is 2.12 bits per heavy atom. The lowest BCUT2D eigenvalue weighted by Crippen LogP contribution is -2.36. The Balaban J connectivity index is 1.37. The third kappa shape index (κ3) is 4.35. The molecule has 4 N–H and O–H groups in total. The number of hydrogen-bond acceptors (Lipinski definition) is 6. The zero-order valence-corrected chi connectivity index (χ0v) is 18.8. The first-order chi connectivity index (χ1) is 16.5. The molecule has 4 heterocycles. The summed E-state index contributed by atoms with van der Waals surface area (Å²) in [5, 5.41) is 20.6. The summed E-state index contributed by atoms with van der Waals surface area (Å²) in [6, 6.07) is 7.01. The number of anilines is 1. The van der Waals surface area contributed by atoms with Crippen LogP contribution in [0.15, 0.2) is 42.7 Å². The van der Waals surface area contributed by atoms with Crippen molar-refractivity contribution < 1.29 is 19.0 Å². The van der Waals surface area contributed by atoms with E-state index >= 15 is 0 Å². The molecule has 1 amide bonds. The average molecular weight is 485 g/mol. The molecule has 0 unspecified atom stereocenters. The highest BCUT2D eigenvalue weighted by Crippen LogP contribution is 2.29. The quantitative estimate of drug-likeness (QED) is 0.334. The highest BCUT2D eigenvalue weighted by molar-refractivity contribution is 6.30. The Morgan fingerprint density at radius 1 is 1.29 bits per heavy atom. The molecule has 0 saturated carbocycles. The van der Waals surface area contributed by atoms with Crippen LogP contribution in [0.2, 0.25) is 5.02 Å². The molecule has 0 bridgehead atoms. The largest absolute Gasteiger partial charge is 0.394 e. The van der Waals surface area contributed by atoms with Crippen LogP contribution < -0.4 is 10.2 Å². The molecule has 1 aliphatic rings. The van der Waals surface area contributed by atoms with E-state index in [-0.39, 0.29) is 17.3 Å². The van der Waals surface area contributed by atoms with Crippen molar-refractivity contribution in [1.29, 1.82) is 0 Å². The lowest BCUT2D eigenvalue weighted by molar-refractivity contribution is 0.0911. The summed E-state index contributed by atoms with van der Waals surface area (Å²) >= 11 is 5.84. The van der Waals surface area contributed by atoms with Crippen LogP contribution in [0.5, 0.6) is 0 Å². The van der Waals surface area contributed by atoms with E-state index in [4.69, 9.17) is 16.3 Å². The second kappa shape index (κ2) is 9.41. The predicted molar refractivity (Wildman–Crippen MR) is 125 cm³/mol. The Morgan fingerprint density at radius 3 is 2.88 bits per heavy atom. The number of morpholine rings is 1. The topological polar surface area (TPSA) is 119 Å². The van der Waals surface area contributed by atoms with Crippen molar-refractivity contribution >= 4 is 34.2 Å².